The predicted molar refractivity (Wildman–Crippen MR) is 109 cm³/mol. The van der Waals surface area contributed by atoms with Crippen LogP contribution in [0, 0.1) is 0 Å². The summed E-state index contributed by atoms with van der Waals surface area (Å²) in [5, 5.41) is 37.5. The standard InChI is InChI=1S/C21H23N5O4/c27-21(28,29)26(15-6-9-22-10-7-15)19-5-4-18-17-3-2-16(25-11-1-8-23-25)12-14(17)13-30-20(18)24-19/h1-5,8,11-12,15,22,27-29H,6-7,9-10,13H2. The van der Waals surface area contributed by atoms with Gasteiger partial charge in [0.15, 0.2) is 0 Å². The first-order valence-corrected chi connectivity index (χ1v) is 9.95. The molecule has 2 aliphatic rings. The molecule has 1 fully saturated rings. The Morgan fingerprint density at radius 1 is 1.10 bits per heavy atom. The predicted octanol–water partition coefficient (Wildman–Crippen LogP) is 0.973. The van der Waals surface area contributed by atoms with E-state index < -0.39 is 6.10 Å². The highest BCUT2D eigenvalue weighted by Crippen LogP contribution is 2.39. The van der Waals surface area contributed by atoms with Gasteiger partial charge in [0.05, 0.1) is 5.69 Å². The molecule has 1 aromatic carbocycles. The number of hydrogen-bond acceptors (Lipinski definition) is 8. The van der Waals surface area contributed by atoms with E-state index in [2.05, 4.69) is 15.4 Å². The van der Waals surface area contributed by atoms with Crippen molar-refractivity contribution in [3.8, 4) is 22.7 Å². The molecule has 0 aliphatic carbocycles. The van der Waals surface area contributed by atoms with Crippen LogP contribution in [0.4, 0.5) is 5.82 Å². The highest BCUT2D eigenvalue weighted by Gasteiger charge is 2.38. The molecule has 5 rings (SSSR count). The molecule has 0 saturated carbocycles. The van der Waals surface area contributed by atoms with Crippen LogP contribution in [-0.2, 0) is 6.61 Å². The molecule has 9 heteroatoms. The summed E-state index contributed by atoms with van der Waals surface area (Å²) < 4.78 is 7.68. The Bertz CT molecular complexity index is 1040. The Hall–Kier alpha value is -2.98. The monoisotopic (exact) mass is 409 g/mol. The van der Waals surface area contributed by atoms with E-state index in [1.165, 1.54) is 0 Å². The highest BCUT2D eigenvalue weighted by molar-refractivity contribution is 5.75. The molecule has 0 atom stereocenters. The molecule has 9 nitrogen and oxygen atoms in total. The number of anilines is 1. The summed E-state index contributed by atoms with van der Waals surface area (Å²) in [4.78, 5) is 5.66. The van der Waals surface area contributed by atoms with E-state index >= 15 is 0 Å². The van der Waals surface area contributed by atoms with Gasteiger partial charge in [-0.15, -0.1) is 0 Å². The number of piperidine rings is 1. The van der Waals surface area contributed by atoms with Crippen molar-refractivity contribution in [1.82, 2.24) is 20.1 Å². The van der Waals surface area contributed by atoms with E-state index in [0.717, 1.165) is 40.4 Å². The molecule has 4 N–H and O–H groups in total. The van der Waals surface area contributed by atoms with Gasteiger partial charge in [0.25, 0.3) is 0 Å². The molecule has 30 heavy (non-hydrogen) atoms. The lowest BCUT2D eigenvalue weighted by molar-refractivity contribution is -0.313. The van der Waals surface area contributed by atoms with Crippen molar-refractivity contribution in [1.29, 1.82) is 0 Å². The first-order valence-electron chi connectivity index (χ1n) is 9.95. The lowest BCUT2D eigenvalue weighted by Gasteiger charge is -2.40. The number of ether oxygens (including phenoxy) is 1. The Balaban J connectivity index is 1.50. The van der Waals surface area contributed by atoms with Crippen molar-refractivity contribution in [2.24, 2.45) is 0 Å². The Labute approximate surface area is 173 Å². The van der Waals surface area contributed by atoms with Crippen LogP contribution in [0.3, 0.4) is 0 Å². The third kappa shape index (κ3) is 3.41. The van der Waals surface area contributed by atoms with Crippen molar-refractivity contribution in [3.05, 3.63) is 54.4 Å². The van der Waals surface area contributed by atoms with E-state index in [1.807, 2.05) is 36.5 Å². The van der Waals surface area contributed by atoms with Crippen molar-refractivity contribution in [2.75, 3.05) is 18.0 Å². The van der Waals surface area contributed by atoms with Crippen molar-refractivity contribution in [3.63, 3.8) is 0 Å². The lowest BCUT2D eigenvalue weighted by atomic mass is 9.98. The largest absolute Gasteiger partial charge is 0.472 e. The summed E-state index contributed by atoms with van der Waals surface area (Å²) >= 11 is 0. The fraction of sp³-hybridized carbons (Fsp3) is 0.333. The Kier molecular flexibility index (Phi) is 4.67. The zero-order valence-electron chi connectivity index (χ0n) is 16.3. The number of fused-ring (bicyclic) bond motifs is 3. The third-order valence-corrected chi connectivity index (χ3v) is 5.60. The van der Waals surface area contributed by atoms with Crippen molar-refractivity contribution in [2.45, 2.75) is 31.6 Å². The van der Waals surface area contributed by atoms with Crippen molar-refractivity contribution < 1.29 is 20.1 Å². The second kappa shape index (κ2) is 7.37. The van der Waals surface area contributed by atoms with Crippen LogP contribution in [0.5, 0.6) is 5.88 Å². The summed E-state index contributed by atoms with van der Waals surface area (Å²) in [5.41, 5.74) is 3.78. The first-order chi connectivity index (χ1) is 14.5. The van der Waals surface area contributed by atoms with E-state index in [1.54, 1.807) is 16.9 Å². The highest BCUT2D eigenvalue weighted by atomic mass is 16.7. The number of pyridine rings is 1. The maximum atomic E-state index is 9.99. The number of nitrogens with one attached hydrogen (secondary N) is 1. The molecule has 0 radical (unpaired) electrons. The van der Waals surface area contributed by atoms with Crippen LogP contribution in [-0.4, -0.2) is 55.3 Å². The van der Waals surface area contributed by atoms with Crippen LogP contribution < -0.4 is 15.0 Å². The molecule has 3 aromatic rings. The van der Waals surface area contributed by atoms with E-state index in [9.17, 15) is 15.3 Å². The van der Waals surface area contributed by atoms with Gasteiger partial charge in [-0.2, -0.15) is 10.1 Å². The number of aromatic nitrogens is 3. The number of nitrogens with zero attached hydrogens (tertiary/aromatic N) is 4. The zero-order chi connectivity index (χ0) is 20.7. The van der Waals surface area contributed by atoms with Gasteiger partial charge >= 0.3 is 6.10 Å². The van der Waals surface area contributed by atoms with Crippen molar-refractivity contribution >= 4 is 5.82 Å². The molecule has 0 unspecified atom stereocenters. The van der Waals surface area contributed by atoms with Gasteiger partial charge in [-0.1, -0.05) is 6.07 Å². The molecule has 156 valence electrons. The zero-order valence-corrected chi connectivity index (χ0v) is 16.3. The smallest absolute Gasteiger partial charge is 0.371 e. The van der Waals surface area contributed by atoms with Crippen LogP contribution in [0.2, 0.25) is 0 Å². The number of aliphatic hydroxyl groups is 3. The van der Waals surface area contributed by atoms with Gasteiger partial charge in [-0.25, -0.2) is 4.68 Å². The van der Waals surface area contributed by atoms with E-state index in [4.69, 9.17) is 4.74 Å². The molecule has 0 amide bonds. The number of rotatable bonds is 4. The number of hydrogen-bond donors (Lipinski definition) is 4. The van der Waals surface area contributed by atoms with Crippen LogP contribution >= 0.6 is 0 Å². The fourth-order valence-corrected chi connectivity index (χ4v) is 4.20. The second-order valence-corrected chi connectivity index (χ2v) is 7.55. The summed E-state index contributed by atoms with van der Waals surface area (Å²) in [6, 6.07) is 11.1. The quantitative estimate of drug-likeness (QED) is 0.471. The maximum Gasteiger partial charge on any atom is 0.371 e. The van der Waals surface area contributed by atoms with Crippen LogP contribution in [0.1, 0.15) is 18.4 Å². The summed E-state index contributed by atoms with van der Waals surface area (Å²) in [5.74, 6) is 0.653. The van der Waals surface area contributed by atoms with E-state index in [0.29, 0.717) is 25.3 Å². The second-order valence-electron chi connectivity index (χ2n) is 7.55. The summed E-state index contributed by atoms with van der Waals surface area (Å²) in [7, 11) is 0. The number of benzene rings is 1. The molecule has 0 bridgehead atoms. The molecular formula is C21H23N5O4. The molecule has 2 aliphatic heterocycles. The minimum atomic E-state index is -3.01. The maximum absolute atomic E-state index is 9.99. The Morgan fingerprint density at radius 2 is 1.90 bits per heavy atom. The fourth-order valence-electron chi connectivity index (χ4n) is 4.20. The van der Waals surface area contributed by atoms with Gasteiger partial charge < -0.3 is 25.4 Å². The average molecular weight is 409 g/mol. The molecule has 0 spiro atoms. The Morgan fingerprint density at radius 3 is 2.63 bits per heavy atom. The molecular weight excluding hydrogens is 386 g/mol. The topological polar surface area (TPSA) is 116 Å². The molecule has 4 heterocycles. The first kappa shape index (κ1) is 19.0. The van der Waals surface area contributed by atoms with Gasteiger partial charge in [0.1, 0.15) is 12.4 Å². The SMILES string of the molecule is OC(O)(O)N(c1ccc2c(n1)OCc1cc(-n3cccn3)ccc1-2)C1CCNCC1. The van der Waals surface area contributed by atoms with Gasteiger partial charge in [0, 0.05) is 24.0 Å². The minimum Gasteiger partial charge on any atom is -0.472 e. The molecule has 1 saturated heterocycles. The summed E-state index contributed by atoms with van der Waals surface area (Å²) in [6.45, 7) is 1.79. The van der Waals surface area contributed by atoms with Gasteiger partial charge in [0.2, 0.25) is 5.88 Å². The van der Waals surface area contributed by atoms with E-state index in [-0.39, 0.29) is 11.9 Å². The average Bonchev–Trinajstić information content (AvgIpc) is 3.28. The molecule has 2 aromatic heterocycles. The van der Waals surface area contributed by atoms with Gasteiger partial charge in [-0.3, -0.25) is 4.90 Å². The normalized spacial score (nSPS) is 16.5. The third-order valence-electron chi connectivity index (χ3n) is 5.60. The minimum absolute atomic E-state index is 0.254. The lowest BCUT2D eigenvalue weighted by Crippen LogP contribution is -2.57. The van der Waals surface area contributed by atoms with Gasteiger partial charge in [-0.05, 0) is 67.4 Å². The summed E-state index contributed by atoms with van der Waals surface area (Å²) in [6.07, 6.45) is 1.92. The van der Waals surface area contributed by atoms with Crippen LogP contribution in [0.25, 0.3) is 16.8 Å². The van der Waals surface area contributed by atoms with Crippen LogP contribution in [0.15, 0.2) is 48.8 Å².